The molecule has 368 valence electrons. The first-order valence-electron chi connectivity index (χ1n) is 25.0. The Balaban J connectivity index is 0.871. The van der Waals surface area contributed by atoms with Crippen LogP contribution in [0.4, 0.5) is 0 Å². The van der Waals surface area contributed by atoms with E-state index in [1.165, 1.54) is 11.7 Å². The largest absolute Gasteiger partial charge is 0.492 e. The molecule has 14 heteroatoms. The lowest BCUT2D eigenvalue weighted by Gasteiger charge is -2.72. The number of carbonyl (C=O) groups is 6. The van der Waals surface area contributed by atoms with Crippen LogP contribution in [0.25, 0.3) is 0 Å². The number of Topliss-reactive ketones (excluding diaryl/α,β-unsaturated/α-hetero) is 1. The number of aliphatic hydroxyl groups is 1. The molecule has 2 N–H and O–H groups in total. The maximum atomic E-state index is 14.5. The predicted molar refractivity (Wildman–Crippen MR) is 246 cm³/mol. The number of hydrogen-bond acceptors (Lipinski definition) is 13. The normalized spacial score (nSPS) is 36.8. The summed E-state index contributed by atoms with van der Waals surface area (Å²) >= 11 is 0. The van der Waals surface area contributed by atoms with Gasteiger partial charge in [-0.1, -0.05) is 39.8 Å². The van der Waals surface area contributed by atoms with Gasteiger partial charge in [-0.3, -0.25) is 28.8 Å². The quantitative estimate of drug-likeness (QED) is 0.0816. The van der Waals surface area contributed by atoms with Crippen molar-refractivity contribution in [1.29, 1.82) is 0 Å². The third-order valence-electron chi connectivity index (χ3n) is 19.4. The number of nitrogens with one attached hydrogen (secondary N) is 1. The molecule has 67 heavy (non-hydrogen) atoms. The third-order valence-corrected chi connectivity index (χ3v) is 19.4. The van der Waals surface area contributed by atoms with Gasteiger partial charge in [0.1, 0.15) is 25.5 Å². The lowest BCUT2D eigenvalue weighted by Crippen LogP contribution is -2.67. The minimum absolute atomic E-state index is 0.00124. The number of piperidine rings is 1. The highest BCUT2D eigenvalue weighted by atomic mass is 16.6. The lowest BCUT2D eigenvalue weighted by atomic mass is 9.32. The second-order valence-corrected chi connectivity index (χ2v) is 22.4. The Bertz CT molecular complexity index is 2210. The topological polar surface area (TPSA) is 186 Å². The molecule has 0 bridgehead atoms. The van der Waals surface area contributed by atoms with Gasteiger partial charge < -0.3 is 38.7 Å². The SMILES string of the molecule is C=C(C)[C@@H]1CC[C@]2(C(=O)OCCOC(=O)CCC(=O)OCc3cn(C)c4c3C(=O)C(OC)=CC4=O)CC[C@]3(C)[C@H](CC[C@@H]4[C@@]5(C)CC[C@H](O)[C@@](C)(COC(=O)C6CCNCC6)[C@@H]5CC[C@]43C)[C@@H]12. The Morgan fingerprint density at radius 1 is 0.821 bits per heavy atom. The van der Waals surface area contributed by atoms with Gasteiger partial charge in [0.2, 0.25) is 11.6 Å². The smallest absolute Gasteiger partial charge is 0.312 e. The summed E-state index contributed by atoms with van der Waals surface area (Å²) in [7, 11) is 2.93. The monoisotopic (exact) mass is 931 g/mol. The number of aliphatic hydroxyl groups excluding tert-OH is 1. The summed E-state index contributed by atoms with van der Waals surface area (Å²) in [5, 5.41) is 15.0. The van der Waals surface area contributed by atoms with E-state index in [1.807, 2.05) is 0 Å². The maximum Gasteiger partial charge on any atom is 0.312 e. The van der Waals surface area contributed by atoms with Crippen LogP contribution < -0.4 is 5.32 Å². The van der Waals surface area contributed by atoms with Crippen molar-refractivity contribution in [2.75, 3.05) is 40.0 Å². The van der Waals surface area contributed by atoms with E-state index >= 15 is 0 Å². The molecular formula is C53H74N2O12. The summed E-state index contributed by atoms with van der Waals surface area (Å²) in [6.45, 7) is 17.7. The van der Waals surface area contributed by atoms with Crippen LogP contribution in [0.1, 0.15) is 151 Å². The van der Waals surface area contributed by atoms with E-state index in [2.05, 4.69) is 46.5 Å². The molecule has 1 aromatic rings. The number of aryl methyl sites for hydroxylation is 1. The van der Waals surface area contributed by atoms with Crippen molar-refractivity contribution >= 4 is 35.4 Å². The number of ketones is 2. The lowest BCUT2D eigenvalue weighted by molar-refractivity contribution is -0.256. The fraction of sp³-hybridized carbons (Fsp3) is 0.736. The van der Waals surface area contributed by atoms with Crippen LogP contribution in [0.3, 0.4) is 0 Å². The van der Waals surface area contributed by atoms with Crippen molar-refractivity contribution in [2.24, 2.45) is 69.6 Å². The molecule has 1 aromatic heterocycles. The molecule has 14 nitrogen and oxygen atoms in total. The average molecular weight is 931 g/mol. The number of carbonyl (C=O) groups excluding carboxylic acids is 6. The van der Waals surface area contributed by atoms with Crippen LogP contribution in [0.2, 0.25) is 0 Å². The van der Waals surface area contributed by atoms with Crippen LogP contribution in [0.15, 0.2) is 30.2 Å². The molecular weight excluding hydrogens is 857 g/mol. The van der Waals surface area contributed by atoms with Crippen LogP contribution >= 0.6 is 0 Å². The fourth-order valence-electron chi connectivity index (χ4n) is 15.7. The number of hydrogen-bond donors (Lipinski definition) is 2. The zero-order valence-corrected chi connectivity index (χ0v) is 40.9. The molecule has 0 aromatic carbocycles. The minimum Gasteiger partial charge on any atom is -0.492 e. The van der Waals surface area contributed by atoms with Crippen LogP contribution in [0, 0.1) is 62.6 Å². The van der Waals surface area contributed by atoms with Crippen LogP contribution in [-0.4, -0.2) is 91.2 Å². The molecule has 1 saturated heterocycles. The Morgan fingerprint density at radius 3 is 2.22 bits per heavy atom. The van der Waals surface area contributed by atoms with Gasteiger partial charge in [-0.2, -0.15) is 0 Å². The summed E-state index contributed by atoms with van der Waals surface area (Å²) in [6.07, 6.45) is 12.1. The molecule has 0 radical (unpaired) electrons. The van der Waals surface area contributed by atoms with Crippen molar-refractivity contribution < 1.29 is 57.6 Å². The number of nitrogens with zero attached hydrogens (tertiary/aromatic N) is 1. The molecule has 1 aliphatic heterocycles. The van der Waals surface area contributed by atoms with E-state index in [0.717, 1.165) is 95.4 Å². The molecule has 0 unspecified atom stereocenters. The van der Waals surface area contributed by atoms with Crippen LogP contribution in [-0.2, 0) is 56.5 Å². The van der Waals surface area contributed by atoms with Crippen molar-refractivity contribution in [2.45, 2.75) is 137 Å². The average Bonchev–Trinajstić information content (AvgIpc) is 3.88. The van der Waals surface area contributed by atoms with Gasteiger partial charge in [0.05, 0.1) is 49.6 Å². The van der Waals surface area contributed by atoms with E-state index in [4.69, 9.17) is 23.7 Å². The molecule has 6 aliphatic carbocycles. The number of methoxy groups -OCH3 is 1. The summed E-state index contributed by atoms with van der Waals surface area (Å²) < 4.78 is 29.5. The van der Waals surface area contributed by atoms with Gasteiger partial charge in [0.15, 0.2) is 5.76 Å². The number of aromatic nitrogens is 1. The van der Waals surface area contributed by atoms with Gasteiger partial charge in [-0.05, 0) is 143 Å². The summed E-state index contributed by atoms with van der Waals surface area (Å²) in [6, 6.07) is 0. The highest BCUT2D eigenvalue weighted by Crippen LogP contribution is 2.77. The first-order chi connectivity index (χ1) is 31.8. The van der Waals surface area contributed by atoms with Crippen molar-refractivity contribution in [1.82, 2.24) is 9.88 Å². The number of fused-ring (bicyclic) bond motifs is 8. The van der Waals surface area contributed by atoms with Gasteiger partial charge in [0, 0.05) is 30.3 Å². The molecule has 7 aliphatic rings. The highest BCUT2D eigenvalue weighted by molar-refractivity contribution is 6.23. The van der Waals surface area contributed by atoms with E-state index in [-0.39, 0.29) is 114 Å². The van der Waals surface area contributed by atoms with Gasteiger partial charge in [-0.25, -0.2) is 0 Å². The Labute approximate surface area is 395 Å². The molecule has 2 heterocycles. The number of allylic oxidation sites excluding steroid dienone is 3. The minimum atomic E-state index is -0.674. The second-order valence-electron chi connectivity index (χ2n) is 22.4. The fourth-order valence-corrected chi connectivity index (χ4v) is 15.7. The number of rotatable bonds is 14. The molecule has 0 amide bonds. The highest BCUT2D eigenvalue weighted by Gasteiger charge is 2.72. The summed E-state index contributed by atoms with van der Waals surface area (Å²) in [4.78, 5) is 78.6. The zero-order valence-electron chi connectivity index (χ0n) is 40.9. The van der Waals surface area contributed by atoms with Crippen molar-refractivity contribution in [3.63, 3.8) is 0 Å². The maximum absolute atomic E-state index is 14.5. The second kappa shape index (κ2) is 18.6. The predicted octanol–water partition coefficient (Wildman–Crippen LogP) is 7.39. The van der Waals surface area contributed by atoms with Gasteiger partial charge in [-0.15, -0.1) is 0 Å². The van der Waals surface area contributed by atoms with Crippen molar-refractivity contribution in [3.8, 4) is 0 Å². The van der Waals surface area contributed by atoms with Gasteiger partial charge >= 0.3 is 23.9 Å². The molecule has 6 fully saturated rings. The Kier molecular flexibility index (Phi) is 13.6. The van der Waals surface area contributed by atoms with Crippen LogP contribution in [0.5, 0.6) is 0 Å². The third kappa shape index (κ3) is 8.21. The zero-order chi connectivity index (χ0) is 48.3. The van der Waals surface area contributed by atoms with E-state index in [0.29, 0.717) is 23.8 Å². The molecule has 8 rings (SSSR count). The number of ether oxygens (including phenoxy) is 5. The first kappa shape index (κ1) is 49.1. The van der Waals surface area contributed by atoms with Gasteiger partial charge in [0.25, 0.3) is 0 Å². The number of esters is 4. The van der Waals surface area contributed by atoms with E-state index in [9.17, 15) is 33.9 Å². The standard InChI is InChI=1S/C53H74N2O12/c1-31(2)34-13-20-53(48(62)65-26-25-64-41(58)11-12-42(59)66-29-33-28-55(7)45-36(56)27-37(63-8)46(60)43(33)45)22-21-51(5)35(44(34)53)9-10-39-49(3)18-15-40(57)50(4,38(49)14-19-52(39,51)6)30-67-47(61)32-16-23-54-24-17-32/h27-28,32,34-35,38-40,44,54,57H,1,9-26,29-30H2,2-8H3/t34-,35+,38+,39+,40-,44+,49-,50-,51+,52+,53-/m0/s1. The van der Waals surface area contributed by atoms with E-state index in [1.54, 1.807) is 13.2 Å². The summed E-state index contributed by atoms with van der Waals surface area (Å²) in [5.74, 6) is -1.49. The Hall–Kier alpha value is -4.30. The Morgan fingerprint density at radius 2 is 1.52 bits per heavy atom. The first-order valence-corrected chi connectivity index (χ1v) is 25.0. The molecule has 11 atom stereocenters. The summed E-state index contributed by atoms with van der Waals surface area (Å²) in [5.41, 5.74) is 0.521. The molecule has 0 spiro atoms. The van der Waals surface area contributed by atoms with E-state index < -0.39 is 34.7 Å². The molecule has 5 saturated carbocycles. The van der Waals surface area contributed by atoms with Crippen molar-refractivity contribution in [3.05, 3.63) is 47.0 Å².